The van der Waals surface area contributed by atoms with E-state index >= 15 is 0 Å². The van der Waals surface area contributed by atoms with Crippen LogP contribution < -0.4 is 5.32 Å². The molecule has 0 aliphatic carbocycles. The predicted octanol–water partition coefficient (Wildman–Crippen LogP) is 3.49. The van der Waals surface area contributed by atoms with Gasteiger partial charge in [0.25, 0.3) is 0 Å². The van der Waals surface area contributed by atoms with Crippen LogP contribution in [0.5, 0.6) is 0 Å². The molecule has 1 aliphatic rings. The molecule has 1 fully saturated rings. The lowest BCUT2D eigenvalue weighted by molar-refractivity contribution is -0.0836. The van der Waals surface area contributed by atoms with Crippen LogP contribution >= 0.6 is 24.0 Å². The van der Waals surface area contributed by atoms with E-state index in [9.17, 15) is 0 Å². The van der Waals surface area contributed by atoms with Gasteiger partial charge in [0.1, 0.15) is 0 Å². The van der Waals surface area contributed by atoms with Crippen molar-refractivity contribution in [3.05, 3.63) is 24.0 Å². The number of aliphatic imine (C=N–C) groups is 1. The first kappa shape index (κ1) is 22.3. The minimum absolute atomic E-state index is 0. The molecule has 0 amide bonds. The van der Waals surface area contributed by atoms with Crippen LogP contribution in [0.3, 0.4) is 0 Å². The van der Waals surface area contributed by atoms with E-state index in [1.54, 1.807) is 0 Å². The smallest absolute Gasteiger partial charge is 0.193 e. The highest BCUT2D eigenvalue weighted by molar-refractivity contribution is 14.0. The van der Waals surface area contributed by atoms with Crippen molar-refractivity contribution >= 4 is 29.9 Å². The van der Waals surface area contributed by atoms with E-state index in [1.165, 1.54) is 12.1 Å². The summed E-state index contributed by atoms with van der Waals surface area (Å²) in [5.74, 6) is 1.47. The summed E-state index contributed by atoms with van der Waals surface area (Å²) < 4.78 is 8.23. The van der Waals surface area contributed by atoms with Crippen molar-refractivity contribution < 1.29 is 4.74 Å². The van der Waals surface area contributed by atoms with Crippen LogP contribution in [0.25, 0.3) is 0 Å². The first-order valence-corrected chi connectivity index (χ1v) is 8.96. The van der Waals surface area contributed by atoms with Crippen LogP contribution in [0, 0.1) is 11.3 Å². The van der Waals surface area contributed by atoms with Crippen LogP contribution in [0.4, 0.5) is 0 Å². The summed E-state index contributed by atoms with van der Waals surface area (Å²) in [6.45, 7) is 9.45. The molecule has 25 heavy (non-hydrogen) atoms. The molecule has 0 radical (unpaired) electrons. The summed E-state index contributed by atoms with van der Waals surface area (Å²) in [6.07, 6.45) is 4.74. The molecule has 1 aliphatic heterocycles. The fourth-order valence-electron chi connectivity index (χ4n) is 3.60. The van der Waals surface area contributed by atoms with Gasteiger partial charge in [-0.1, -0.05) is 20.8 Å². The van der Waals surface area contributed by atoms with Crippen molar-refractivity contribution in [3.8, 4) is 0 Å². The van der Waals surface area contributed by atoms with E-state index in [4.69, 9.17) is 4.74 Å². The number of hydrogen-bond acceptors (Lipinski definition) is 2. The number of guanidine groups is 1. The molecule has 0 spiro atoms. The molecular weight excluding hydrogens is 427 g/mol. The maximum absolute atomic E-state index is 6.09. The van der Waals surface area contributed by atoms with Gasteiger partial charge in [0.05, 0.1) is 12.6 Å². The molecule has 1 N–H and O–H groups in total. The number of nitrogens with zero attached hydrogens (tertiary/aromatic N) is 3. The Bertz CT molecular complexity index is 550. The first-order chi connectivity index (χ1) is 11.3. The Labute approximate surface area is 170 Å². The zero-order chi connectivity index (χ0) is 17.7. The van der Waals surface area contributed by atoms with Gasteiger partial charge in [-0.25, -0.2) is 0 Å². The Kier molecular flexibility index (Phi) is 8.74. The Morgan fingerprint density at radius 3 is 2.72 bits per heavy atom. The standard InChI is InChI=1S/C19H34N4O.HI/c1-19(2,3)17-15(9-8-12-24-17)13-21-18(20-4)23(6)14-16-10-7-11-22(16)5;/h7,10-11,15,17H,8-9,12-14H2,1-6H3,(H,20,21);1H. The third-order valence-corrected chi connectivity index (χ3v) is 4.84. The summed E-state index contributed by atoms with van der Waals surface area (Å²) in [7, 11) is 6.01. The Morgan fingerprint density at radius 2 is 2.16 bits per heavy atom. The summed E-state index contributed by atoms with van der Waals surface area (Å²) in [5.41, 5.74) is 1.44. The fraction of sp³-hybridized carbons (Fsp3) is 0.737. The van der Waals surface area contributed by atoms with Crippen molar-refractivity contribution in [2.45, 2.75) is 46.3 Å². The first-order valence-electron chi connectivity index (χ1n) is 8.96. The molecule has 1 aromatic heterocycles. The highest BCUT2D eigenvalue weighted by atomic mass is 127. The molecule has 6 heteroatoms. The lowest BCUT2D eigenvalue weighted by atomic mass is 9.78. The van der Waals surface area contributed by atoms with Gasteiger partial charge >= 0.3 is 0 Å². The molecule has 1 saturated heterocycles. The molecule has 0 aromatic carbocycles. The van der Waals surface area contributed by atoms with Gasteiger partial charge in [0.2, 0.25) is 0 Å². The fourth-order valence-corrected chi connectivity index (χ4v) is 3.60. The minimum atomic E-state index is 0. The zero-order valence-electron chi connectivity index (χ0n) is 16.6. The Hall–Kier alpha value is -0.760. The molecule has 0 bridgehead atoms. The third-order valence-electron chi connectivity index (χ3n) is 4.84. The monoisotopic (exact) mass is 462 g/mol. The number of hydrogen-bond donors (Lipinski definition) is 1. The second-order valence-electron chi connectivity index (χ2n) is 7.95. The second-order valence-corrected chi connectivity index (χ2v) is 7.95. The highest BCUT2D eigenvalue weighted by Crippen LogP contribution is 2.33. The van der Waals surface area contributed by atoms with Gasteiger partial charge in [-0.05, 0) is 30.4 Å². The third kappa shape index (κ3) is 6.16. The maximum atomic E-state index is 6.09. The van der Waals surface area contributed by atoms with Crippen LogP contribution in [0.2, 0.25) is 0 Å². The van der Waals surface area contributed by atoms with Crippen LogP contribution in [-0.4, -0.2) is 48.8 Å². The molecule has 1 aromatic rings. The van der Waals surface area contributed by atoms with Gasteiger partial charge < -0.3 is 19.5 Å². The highest BCUT2D eigenvalue weighted by Gasteiger charge is 2.35. The Balaban J connectivity index is 0.00000312. The lowest BCUT2D eigenvalue weighted by Crippen LogP contribution is -2.47. The normalized spacial score (nSPS) is 21.6. The molecule has 144 valence electrons. The minimum Gasteiger partial charge on any atom is -0.377 e. The SMILES string of the molecule is CN=C(NCC1CCCOC1C(C)(C)C)N(C)Cc1cccn1C.I. The molecule has 2 atom stereocenters. The van der Waals surface area contributed by atoms with E-state index in [0.717, 1.165) is 32.1 Å². The number of aryl methyl sites for hydroxylation is 1. The molecule has 2 heterocycles. The number of halogens is 1. The van der Waals surface area contributed by atoms with Gasteiger partial charge in [-0.15, -0.1) is 24.0 Å². The van der Waals surface area contributed by atoms with Crippen molar-refractivity contribution in [1.82, 2.24) is 14.8 Å². The van der Waals surface area contributed by atoms with Gasteiger partial charge in [0.15, 0.2) is 5.96 Å². The van der Waals surface area contributed by atoms with E-state index in [1.807, 2.05) is 7.05 Å². The van der Waals surface area contributed by atoms with Gasteiger partial charge in [0, 0.05) is 52.1 Å². The van der Waals surface area contributed by atoms with Crippen molar-refractivity contribution in [2.24, 2.45) is 23.4 Å². The second kappa shape index (κ2) is 9.80. The van der Waals surface area contributed by atoms with E-state index in [2.05, 4.69) is 73.0 Å². The number of aromatic nitrogens is 1. The zero-order valence-corrected chi connectivity index (χ0v) is 18.9. The van der Waals surface area contributed by atoms with Gasteiger partial charge in [-0.3, -0.25) is 4.99 Å². The van der Waals surface area contributed by atoms with Crippen LogP contribution in [0.15, 0.2) is 23.3 Å². The quantitative estimate of drug-likeness (QED) is 0.423. The molecule has 2 rings (SSSR count). The summed E-state index contributed by atoms with van der Waals surface area (Å²) >= 11 is 0. The van der Waals surface area contributed by atoms with Crippen LogP contribution in [0.1, 0.15) is 39.3 Å². The van der Waals surface area contributed by atoms with Crippen molar-refractivity contribution in [3.63, 3.8) is 0 Å². The van der Waals surface area contributed by atoms with E-state index in [0.29, 0.717) is 12.0 Å². The topological polar surface area (TPSA) is 41.8 Å². The number of ether oxygens (including phenoxy) is 1. The molecular formula is C19H35IN4O. The van der Waals surface area contributed by atoms with Crippen molar-refractivity contribution in [2.75, 3.05) is 27.2 Å². The summed E-state index contributed by atoms with van der Waals surface area (Å²) in [4.78, 5) is 6.62. The average Bonchev–Trinajstić information content (AvgIpc) is 2.92. The van der Waals surface area contributed by atoms with E-state index in [-0.39, 0.29) is 29.4 Å². The van der Waals surface area contributed by atoms with Crippen molar-refractivity contribution in [1.29, 1.82) is 0 Å². The summed E-state index contributed by atoms with van der Waals surface area (Å²) in [6, 6.07) is 4.22. The molecule has 0 saturated carbocycles. The average molecular weight is 462 g/mol. The molecule has 5 nitrogen and oxygen atoms in total. The Morgan fingerprint density at radius 1 is 1.44 bits per heavy atom. The molecule has 2 unspecified atom stereocenters. The number of nitrogens with one attached hydrogen (secondary N) is 1. The van der Waals surface area contributed by atoms with Crippen LogP contribution in [-0.2, 0) is 18.3 Å². The summed E-state index contributed by atoms with van der Waals surface area (Å²) in [5, 5.41) is 3.56. The lowest BCUT2D eigenvalue weighted by Gasteiger charge is -2.40. The number of rotatable bonds is 4. The van der Waals surface area contributed by atoms with Gasteiger partial charge in [-0.2, -0.15) is 0 Å². The maximum Gasteiger partial charge on any atom is 0.193 e. The predicted molar refractivity (Wildman–Crippen MR) is 116 cm³/mol. The van der Waals surface area contributed by atoms with E-state index < -0.39 is 0 Å². The largest absolute Gasteiger partial charge is 0.377 e.